The van der Waals surface area contributed by atoms with E-state index in [1.165, 1.54) is 0 Å². The first-order chi connectivity index (χ1) is 7.16. The Balaban J connectivity index is 2.65. The Morgan fingerprint density at radius 2 is 1.94 bits per heavy atom. The molecule has 1 saturated heterocycles. The van der Waals surface area contributed by atoms with E-state index in [4.69, 9.17) is 10.5 Å². The molecule has 0 aromatic carbocycles. The highest BCUT2D eigenvalue weighted by Crippen LogP contribution is 2.29. The molecule has 1 aliphatic rings. The molecule has 4 nitrogen and oxygen atoms in total. The van der Waals surface area contributed by atoms with Crippen molar-refractivity contribution < 1.29 is 9.53 Å². The van der Waals surface area contributed by atoms with Crippen molar-refractivity contribution in [1.29, 1.82) is 0 Å². The number of ether oxygens (including phenoxy) is 1. The van der Waals surface area contributed by atoms with Crippen molar-refractivity contribution in [3.8, 4) is 0 Å². The molecule has 2 atom stereocenters. The van der Waals surface area contributed by atoms with E-state index in [0.29, 0.717) is 0 Å². The lowest BCUT2D eigenvalue weighted by molar-refractivity contribution is -0.133. The standard InChI is InChI=1S/C12H24N2O2/c1-8-9(6-7-16-8)14-10(15)11(2,3)12(4,5)13/h8-9H,6-7,13H2,1-5H3,(H,14,15). The SMILES string of the molecule is CC1OCCC1NC(=O)C(C)(C)C(C)(C)N. The van der Waals surface area contributed by atoms with Gasteiger partial charge < -0.3 is 15.8 Å². The number of rotatable bonds is 3. The summed E-state index contributed by atoms with van der Waals surface area (Å²) < 4.78 is 5.42. The highest BCUT2D eigenvalue weighted by molar-refractivity contribution is 5.83. The van der Waals surface area contributed by atoms with Crippen LogP contribution in [-0.2, 0) is 9.53 Å². The Morgan fingerprint density at radius 1 is 1.38 bits per heavy atom. The van der Waals surface area contributed by atoms with Crippen LogP contribution in [-0.4, -0.2) is 30.2 Å². The van der Waals surface area contributed by atoms with Crippen molar-refractivity contribution in [2.45, 2.75) is 58.7 Å². The lowest BCUT2D eigenvalue weighted by atomic mass is 9.74. The van der Waals surface area contributed by atoms with Gasteiger partial charge in [0.25, 0.3) is 0 Å². The summed E-state index contributed by atoms with van der Waals surface area (Å²) in [4.78, 5) is 12.2. The Bertz CT molecular complexity index is 269. The number of hydrogen-bond acceptors (Lipinski definition) is 3. The van der Waals surface area contributed by atoms with E-state index in [1.807, 2.05) is 34.6 Å². The zero-order valence-corrected chi connectivity index (χ0v) is 11.0. The average Bonchev–Trinajstić information content (AvgIpc) is 2.49. The lowest BCUT2D eigenvalue weighted by Gasteiger charge is -2.38. The van der Waals surface area contributed by atoms with Gasteiger partial charge in [-0.1, -0.05) is 0 Å². The second-order valence-corrected chi connectivity index (χ2v) is 5.79. The molecule has 0 bridgehead atoms. The minimum absolute atomic E-state index is 0.00218. The van der Waals surface area contributed by atoms with Gasteiger partial charge in [-0.3, -0.25) is 4.79 Å². The quantitative estimate of drug-likeness (QED) is 0.758. The van der Waals surface area contributed by atoms with Crippen LogP contribution in [0.25, 0.3) is 0 Å². The van der Waals surface area contributed by atoms with E-state index in [9.17, 15) is 4.79 Å². The third kappa shape index (κ3) is 2.55. The van der Waals surface area contributed by atoms with Gasteiger partial charge in [0.2, 0.25) is 5.91 Å². The summed E-state index contributed by atoms with van der Waals surface area (Å²) in [5, 5.41) is 3.03. The van der Waals surface area contributed by atoms with Gasteiger partial charge in [-0.15, -0.1) is 0 Å². The maximum Gasteiger partial charge on any atom is 0.227 e. The molecule has 2 unspecified atom stereocenters. The smallest absolute Gasteiger partial charge is 0.227 e. The molecule has 94 valence electrons. The molecule has 1 amide bonds. The Hall–Kier alpha value is -0.610. The molecule has 1 aliphatic heterocycles. The lowest BCUT2D eigenvalue weighted by Crippen LogP contribution is -2.57. The molecule has 0 spiro atoms. The van der Waals surface area contributed by atoms with Gasteiger partial charge >= 0.3 is 0 Å². The molecule has 16 heavy (non-hydrogen) atoms. The van der Waals surface area contributed by atoms with E-state index < -0.39 is 11.0 Å². The molecular formula is C12H24N2O2. The van der Waals surface area contributed by atoms with Crippen molar-refractivity contribution in [3.63, 3.8) is 0 Å². The molecule has 4 heteroatoms. The summed E-state index contributed by atoms with van der Waals surface area (Å²) in [5.41, 5.74) is 4.90. The third-order valence-electron chi connectivity index (χ3n) is 3.87. The van der Waals surface area contributed by atoms with Gasteiger partial charge in [0, 0.05) is 12.1 Å². The van der Waals surface area contributed by atoms with Gasteiger partial charge in [0.1, 0.15) is 0 Å². The number of carbonyl (C=O) groups is 1. The van der Waals surface area contributed by atoms with Crippen molar-refractivity contribution >= 4 is 5.91 Å². The first kappa shape index (κ1) is 13.5. The zero-order valence-electron chi connectivity index (χ0n) is 11.0. The van der Waals surface area contributed by atoms with E-state index in [0.717, 1.165) is 13.0 Å². The van der Waals surface area contributed by atoms with Gasteiger partial charge in [-0.25, -0.2) is 0 Å². The van der Waals surface area contributed by atoms with E-state index in [1.54, 1.807) is 0 Å². The van der Waals surface area contributed by atoms with Crippen LogP contribution in [0.15, 0.2) is 0 Å². The minimum atomic E-state index is -0.588. The maximum atomic E-state index is 12.2. The molecule has 1 rings (SSSR count). The molecular weight excluding hydrogens is 204 g/mol. The van der Waals surface area contributed by atoms with Gasteiger partial charge in [0.15, 0.2) is 0 Å². The molecule has 0 saturated carbocycles. The Morgan fingerprint density at radius 3 is 2.31 bits per heavy atom. The summed E-state index contributed by atoms with van der Waals surface area (Å²) in [6, 6.07) is 0.120. The Labute approximate surface area is 97.9 Å². The molecule has 1 heterocycles. The van der Waals surface area contributed by atoms with E-state index in [-0.39, 0.29) is 18.1 Å². The highest BCUT2D eigenvalue weighted by Gasteiger charge is 2.42. The largest absolute Gasteiger partial charge is 0.376 e. The van der Waals surface area contributed by atoms with Crippen LogP contribution in [0.3, 0.4) is 0 Å². The number of hydrogen-bond donors (Lipinski definition) is 2. The van der Waals surface area contributed by atoms with Crippen LogP contribution in [0, 0.1) is 5.41 Å². The number of amides is 1. The average molecular weight is 228 g/mol. The normalized spacial score (nSPS) is 26.9. The fourth-order valence-corrected chi connectivity index (χ4v) is 1.56. The van der Waals surface area contributed by atoms with Crippen LogP contribution >= 0.6 is 0 Å². The molecule has 3 N–H and O–H groups in total. The van der Waals surface area contributed by atoms with E-state index in [2.05, 4.69) is 5.32 Å². The third-order valence-corrected chi connectivity index (χ3v) is 3.87. The number of carbonyl (C=O) groups excluding carboxylic acids is 1. The summed E-state index contributed by atoms with van der Waals surface area (Å²) in [6.45, 7) is 10.2. The summed E-state index contributed by atoms with van der Waals surface area (Å²) in [5.74, 6) is 0.00218. The monoisotopic (exact) mass is 228 g/mol. The summed E-state index contributed by atoms with van der Waals surface area (Å²) in [7, 11) is 0. The fourth-order valence-electron chi connectivity index (χ4n) is 1.56. The first-order valence-electron chi connectivity index (χ1n) is 5.87. The minimum Gasteiger partial charge on any atom is -0.376 e. The number of nitrogens with two attached hydrogens (primary N) is 1. The topological polar surface area (TPSA) is 64.3 Å². The highest BCUT2D eigenvalue weighted by atomic mass is 16.5. The van der Waals surface area contributed by atoms with Crippen LogP contribution in [0.1, 0.15) is 41.0 Å². The van der Waals surface area contributed by atoms with Crippen LogP contribution in [0.2, 0.25) is 0 Å². The summed E-state index contributed by atoms with van der Waals surface area (Å²) in [6.07, 6.45) is 0.981. The molecule has 0 aliphatic carbocycles. The fraction of sp³-hybridized carbons (Fsp3) is 0.917. The van der Waals surface area contributed by atoms with Gasteiger partial charge in [-0.05, 0) is 41.0 Å². The van der Waals surface area contributed by atoms with Crippen molar-refractivity contribution in [3.05, 3.63) is 0 Å². The van der Waals surface area contributed by atoms with Crippen LogP contribution in [0.5, 0.6) is 0 Å². The predicted octanol–water partition coefficient (Wildman–Crippen LogP) is 1.04. The second kappa shape index (κ2) is 4.34. The van der Waals surface area contributed by atoms with Gasteiger partial charge in [-0.2, -0.15) is 0 Å². The maximum absolute atomic E-state index is 12.2. The molecule has 0 radical (unpaired) electrons. The molecule has 0 aromatic heterocycles. The summed E-state index contributed by atoms with van der Waals surface area (Å²) >= 11 is 0. The van der Waals surface area contributed by atoms with Crippen LogP contribution in [0.4, 0.5) is 0 Å². The molecule has 1 fully saturated rings. The van der Waals surface area contributed by atoms with Crippen LogP contribution < -0.4 is 11.1 Å². The Kier molecular flexibility index (Phi) is 3.65. The zero-order chi connectivity index (χ0) is 12.6. The predicted molar refractivity (Wildman–Crippen MR) is 64.0 cm³/mol. The van der Waals surface area contributed by atoms with Crippen molar-refractivity contribution in [2.24, 2.45) is 11.1 Å². The van der Waals surface area contributed by atoms with Crippen molar-refractivity contribution in [1.82, 2.24) is 5.32 Å². The van der Waals surface area contributed by atoms with E-state index >= 15 is 0 Å². The van der Waals surface area contributed by atoms with Crippen molar-refractivity contribution in [2.75, 3.05) is 6.61 Å². The number of nitrogens with one attached hydrogen (secondary N) is 1. The van der Waals surface area contributed by atoms with Gasteiger partial charge in [0.05, 0.1) is 17.6 Å². The molecule has 0 aromatic rings. The second-order valence-electron chi connectivity index (χ2n) is 5.79. The first-order valence-corrected chi connectivity index (χ1v) is 5.87.